The minimum Gasteiger partial charge on any atom is -0.460 e. The molecule has 0 aliphatic carbocycles. The molecule has 17 heavy (non-hydrogen) atoms. The van der Waals surface area contributed by atoms with Gasteiger partial charge in [-0.15, -0.1) is 0 Å². The summed E-state index contributed by atoms with van der Waals surface area (Å²) in [6.45, 7) is 2.94. The highest BCUT2D eigenvalue weighted by Gasteiger charge is 2.45. The molecule has 0 amide bonds. The number of esters is 1. The summed E-state index contributed by atoms with van der Waals surface area (Å²) in [4.78, 5) is 22.2. The number of Topliss-reactive ketones (excluding diaryl/α,β-unsaturated/α-hetero) is 1. The molecule has 0 saturated heterocycles. The predicted octanol–water partition coefficient (Wildman–Crippen LogP) is 2.22. The largest absolute Gasteiger partial charge is 0.460 e. The van der Waals surface area contributed by atoms with Crippen molar-refractivity contribution in [2.45, 2.75) is 19.8 Å². The summed E-state index contributed by atoms with van der Waals surface area (Å²) in [6.07, 6.45) is 0. The molecule has 0 saturated carbocycles. The SMILES string of the molecule is CCOC(=O)C(=O)C(F)(F)c1cccc(C)c1. The summed E-state index contributed by atoms with van der Waals surface area (Å²) in [7, 11) is 0. The Morgan fingerprint density at radius 1 is 1.35 bits per heavy atom. The van der Waals surface area contributed by atoms with Gasteiger partial charge in [-0.2, -0.15) is 8.78 Å². The third-order valence-electron chi connectivity index (χ3n) is 2.13. The number of alkyl halides is 2. The molecule has 1 aromatic carbocycles. The Labute approximate surface area is 97.4 Å². The summed E-state index contributed by atoms with van der Waals surface area (Å²) in [5, 5.41) is 0. The molecule has 3 nitrogen and oxygen atoms in total. The molecule has 0 fully saturated rings. The highest BCUT2D eigenvalue weighted by atomic mass is 19.3. The Kier molecular flexibility index (Phi) is 3.93. The van der Waals surface area contributed by atoms with Crippen molar-refractivity contribution in [1.82, 2.24) is 0 Å². The number of ketones is 1. The lowest BCUT2D eigenvalue weighted by Crippen LogP contribution is -2.34. The van der Waals surface area contributed by atoms with Gasteiger partial charge in [0.15, 0.2) is 0 Å². The number of benzene rings is 1. The molecular weight excluding hydrogens is 230 g/mol. The van der Waals surface area contributed by atoms with Gasteiger partial charge < -0.3 is 4.74 Å². The van der Waals surface area contributed by atoms with E-state index in [0.717, 1.165) is 12.1 Å². The van der Waals surface area contributed by atoms with Crippen LogP contribution in [0.5, 0.6) is 0 Å². The van der Waals surface area contributed by atoms with E-state index in [1.165, 1.54) is 13.0 Å². The molecule has 1 rings (SSSR count). The lowest BCUT2D eigenvalue weighted by molar-refractivity contribution is -0.166. The minimum absolute atomic E-state index is 0.117. The van der Waals surface area contributed by atoms with Crippen LogP contribution >= 0.6 is 0 Å². The highest BCUT2D eigenvalue weighted by Crippen LogP contribution is 2.29. The standard InChI is InChI=1S/C12H12F2O3/c1-3-17-11(16)10(15)12(13,14)9-6-4-5-8(2)7-9/h4-7H,3H2,1-2H3. The Hall–Kier alpha value is -1.78. The zero-order valence-corrected chi connectivity index (χ0v) is 9.50. The Balaban J connectivity index is 3.02. The molecule has 0 heterocycles. The van der Waals surface area contributed by atoms with E-state index >= 15 is 0 Å². The first-order valence-corrected chi connectivity index (χ1v) is 5.06. The number of hydrogen-bond donors (Lipinski definition) is 0. The lowest BCUT2D eigenvalue weighted by atomic mass is 10.0. The maximum Gasteiger partial charge on any atom is 0.381 e. The Bertz CT molecular complexity index is 441. The van der Waals surface area contributed by atoms with Crippen molar-refractivity contribution < 1.29 is 23.1 Å². The van der Waals surface area contributed by atoms with Crippen molar-refractivity contribution in [3.05, 3.63) is 35.4 Å². The van der Waals surface area contributed by atoms with E-state index in [4.69, 9.17) is 0 Å². The molecule has 5 heteroatoms. The zero-order chi connectivity index (χ0) is 13.1. The fraction of sp³-hybridized carbons (Fsp3) is 0.333. The minimum atomic E-state index is -3.85. The second-order valence-electron chi connectivity index (χ2n) is 3.49. The fourth-order valence-electron chi connectivity index (χ4n) is 1.30. The molecule has 0 atom stereocenters. The van der Waals surface area contributed by atoms with Crippen LogP contribution in [-0.4, -0.2) is 18.4 Å². The van der Waals surface area contributed by atoms with Gasteiger partial charge in [-0.05, 0) is 19.9 Å². The maximum atomic E-state index is 13.7. The van der Waals surface area contributed by atoms with Crippen LogP contribution < -0.4 is 0 Å². The van der Waals surface area contributed by atoms with Gasteiger partial charge in [0.2, 0.25) is 0 Å². The summed E-state index contributed by atoms with van der Waals surface area (Å²) in [5.74, 6) is -7.21. The predicted molar refractivity (Wildman–Crippen MR) is 56.7 cm³/mol. The van der Waals surface area contributed by atoms with Crippen LogP contribution in [0, 0.1) is 6.92 Å². The normalized spacial score (nSPS) is 11.1. The van der Waals surface area contributed by atoms with E-state index in [2.05, 4.69) is 4.74 Å². The molecule has 0 spiro atoms. The van der Waals surface area contributed by atoms with E-state index in [1.807, 2.05) is 0 Å². The number of halogens is 2. The van der Waals surface area contributed by atoms with Crippen molar-refractivity contribution >= 4 is 11.8 Å². The van der Waals surface area contributed by atoms with E-state index in [1.54, 1.807) is 13.0 Å². The smallest absolute Gasteiger partial charge is 0.381 e. The van der Waals surface area contributed by atoms with Gasteiger partial charge in [-0.3, -0.25) is 4.79 Å². The van der Waals surface area contributed by atoms with Gasteiger partial charge in [0, 0.05) is 5.56 Å². The molecule has 0 aromatic heterocycles. The van der Waals surface area contributed by atoms with E-state index in [-0.39, 0.29) is 6.61 Å². The van der Waals surface area contributed by atoms with Crippen LogP contribution in [0.1, 0.15) is 18.1 Å². The molecule has 0 radical (unpaired) electrons. The average Bonchev–Trinajstić information content (AvgIpc) is 2.28. The second-order valence-corrected chi connectivity index (χ2v) is 3.49. The third-order valence-corrected chi connectivity index (χ3v) is 2.13. The fourth-order valence-corrected chi connectivity index (χ4v) is 1.30. The van der Waals surface area contributed by atoms with Crippen LogP contribution in [0.3, 0.4) is 0 Å². The number of carbonyl (C=O) groups is 2. The number of hydrogen-bond acceptors (Lipinski definition) is 3. The first-order chi connectivity index (χ1) is 7.89. The van der Waals surface area contributed by atoms with E-state index < -0.39 is 23.2 Å². The number of rotatable bonds is 4. The van der Waals surface area contributed by atoms with Gasteiger partial charge in [0.05, 0.1) is 6.61 Å². The van der Waals surface area contributed by atoms with Gasteiger partial charge in [-0.1, -0.05) is 23.8 Å². The van der Waals surface area contributed by atoms with E-state index in [9.17, 15) is 18.4 Å². The first-order valence-electron chi connectivity index (χ1n) is 5.06. The van der Waals surface area contributed by atoms with Crippen LogP contribution in [0.4, 0.5) is 8.78 Å². The van der Waals surface area contributed by atoms with E-state index in [0.29, 0.717) is 5.56 Å². The van der Waals surface area contributed by atoms with Gasteiger partial charge in [0.25, 0.3) is 0 Å². The summed E-state index contributed by atoms with van der Waals surface area (Å²) >= 11 is 0. The van der Waals surface area contributed by atoms with Crippen LogP contribution in [-0.2, 0) is 20.2 Å². The summed E-state index contributed by atoms with van der Waals surface area (Å²) < 4.78 is 31.6. The van der Waals surface area contributed by atoms with Crippen molar-refractivity contribution in [3.63, 3.8) is 0 Å². The van der Waals surface area contributed by atoms with Crippen LogP contribution in [0.15, 0.2) is 24.3 Å². The Morgan fingerprint density at radius 2 is 2.00 bits per heavy atom. The summed E-state index contributed by atoms with van der Waals surface area (Å²) in [5.41, 5.74) is 0.0781. The maximum absolute atomic E-state index is 13.7. The number of ether oxygens (including phenoxy) is 1. The van der Waals surface area contributed by atoms with Crippen LogP contribution in [0.2, 0.25) is 0 Å². The molecule has 0 unspecified atom stereocenters. The molecular formula is C12H12F2O3. The van der Waals surface area contributed by atoms with Crippen molar-refractivity contribution in [3.8, 4) is 0 Å². The van der Waals surface area contributed by atoms with Crippen LogP contribution in [0.25, 0.3) is 0 Å². The molecule has 1 aromatic rings. The Morgan fingerprint density at radius 3 is 2.53 bits per heavy atom. The molecule has 0 aliphatic rings. The number of aryl methyl sites for hydroxylation is 1. The van der Waals surface area contributed by atoms with Crippen molar-refractivity contribution in [2.24, 2.45) is 0 Å². The van der Waals surface area contributed by atoms with Gasteiger partial charge >= 0.3 is 17.7 Å². The topological polar surface area (TPSA) is 43.4 Å². The highest BCUT2D eigenvalue weighted by molar-refractivity contribution is 6.36. The molecule has 0 bridgehead atoms. The number of carbonyl (C=O) groups excluding carboxylic acids is 2. The molecule has 0 aliphatic heterocycles. The zero-order valence-electron chi connectivity index (χ0n) is 9.50. The third kappa shape index (κ3) is 2.87. The monoisotopic (exact) mass is 242 g/mol. The summed E-state index contributed by atoms with van der Waals surface area (Å²) in [6, 6.07) is 5.28. The van der Waals surface area contributed by atoms with Gasteiger partial charge in [-0.25, -0.2) is 4.79 Å². The lowest BCUT2D eigenvalue weighted by Gasteiger charge is -2.14. The molecule has 0 N–H and O–H groups in total. The second kappa shape index (κ2) is 5.03. The molecule has 92 valence electrons. The quantitative estimate of drug-likeness (QED) is 0.600. The van der Waals surface area contributed by atoms with Crippen molar-refractivity contribution in [2.75, 3.05) is 6.61 Å². The average molecular weight is 242 g/mol. The van der Waals surface area contributed by atoms with Crippen molar-refractivity contribution in [1.29, 1.82) is 0 Å². The van der Waals surface area contributed by atoms with Gasteiger partial charge in [0.1, 0.15) is 0 Å². The first kappa shape index (κ1) is 13.3.